The van der Waals surface area contributed by atoms with E-state index in [0.29, 0.717) is 6.42 Å². The largest absolute Gasteiger partial charge is 0.368 e. The highest BCUT2D eigenvalue weighted by Gasteiger charge is 2.42. The first-order valence-corrected chi connectivity index (χ1v) is 5.78. The zero-order valence-corrected chi connectivity index (χ0v) is 9.36. The fourth-order valence-electron chi connectivity index (χ4n) is 2.64. The molecule has 0 aliphatic heterocycles. The molecule has 2 unspecified atom stereocenters. The quantitative estimate of drug-likeness (QED) is 0.790. The van der Waals surface area contributed by atoms with Crippen LogP contribution in [0.25, 0.3) is 0 Å². The highest BCUT2D eigenvalue weighted by molar-refractivity contribution is 5.86. The summed E-state index contributed by atoms with van der Waals surface area (Å²) in [6, 6.07) is 9.98. The number of amides is 1. The fraction of sp³-hybridized carbons (Fsp3) is 0.462. The lowest BCUT2D eigenvalue weighted by molar-refractivity contribution is -0.125. The van der Waals surface area contributed by atoms with Crippen LogP contribution in [0.3, 0.4) is 0 Å². The number of carbonyl (C=O) groups is 1. The highest BCUT2D eigenvalue weighted by atomic mass is 16.1. The van der Waals surface area contributed by atoms with Crippen molar-refractivity contribution in [1.82, 2.24) is 0 Å². The molecule has 3 heteroatoms. The van der Waals surface area contributed by atoms with E-state index in [1.165, 1.54) is 0 Å². The van der Waals surface area contributed by atoms with Gasteiger partial charge in [0, 0.05) is 5.92 Å². The zero-order chi connectivity index (χ0) is 11.6. The number of hydrogen-bond acceptors (Lipinski definition) is 2. The van der Waals surface area contributed by atoms with Crippen LogP contribution in [0.5, 0.6) is 0 Å². The second-order valence-electron chi connectivity index (χ2n) is 4.61. The molecular formula is C13H18N2O. The van der Waals surface area contributed by atoms with E-state index >= 15 is 0 Å². The first-order chi connectivity index (χ1) is 7.64. The van der Waals surface area contributed by atoms with Crippen molar-refractivity contribution >= 4 is 5.91 Å². The molecule has 1 aromatic rings. The summed E-state index contributed by atoms with van der Waals surface area (Å²) >= 11 is 0. The lowest BCUT2D eigenvalue weighted by atomic mass is 9.70. The SMILES string of the molecule is NC(=O)C1(N)CCCCC1c1ccccc1. The Morgan fingerprint density at radius 1 is 1.25 bits per heavy atom. The second kappa shape index (κ2) is 4.26. The molecule has 16 heavy (non-hydrogen) atoms. The van der Waals surface area contributed by atoms with Crippen molar-refractivity contribution in [3.63, 3.8) is 0 Å². The molecule has 3 nitrogen and oxygen atoms in total. The van der Waals surface area contributed by atoms with Gasteiger partial charge in [-0.1, -0.05) is 43.2 Å². The molecule has 1 aliphatic carbocycles. The number of hydrogen-bond donors (Lipinski definition) is 2. The Bertz CT molecular complexity index is 377. The minimum Gasteiger partial charge on any atom is -0.368 e. The summed E-state index contributed by atoms with van der Waals surface area (Å²) in [6.45, 7) is 0. The van der Waals surface area contributed by atoms with Crippen LogP contribution in [0.15, 0.2) is 30.3 Å². The predicted octanol–water partition coefficient (Wildman–Crippen LogP) is 1.53. The lowest BCUT2D eigenvalue weighted by Crippen LogP contribution is -2.57. The fourth-order valence-corrected chi connectivity index (χ4v) is 2.64. The third-order valence-corrected chi connectivity index (χ3v) is 3.62. The Kier molecular flexibility index (Phi) is 2.97. The molecule has 0 aromatic heterocycles. The van der Waals surface area contributed by atoms with E-state index in [-0.39, 0.29) is 11.8 Å². The van der Waals surface area contributed by atoms with Gasteiger partial charge >= 0.3 is 0 Å². The maximum atomic E-state index is 11.6. The van der Waals surface area contributed by atoms with E-state index in [0.717, 1.165) is 24.8 Å². The third kappa shape index (κ3) is 1.83. The molecule has 0 heterocycles. The van der Waals surface area contributed by atoms with E-state index in [1.807, 2.05) is 30.3 Å². The van der Waals surface area contributed by atoms with E-state index < -0.39 is 5.54 Å². The summed E-state index contributed by atoms with van der Waals surface area (Å²) in [5, 5.41) is 0. The number of benzene rings is 1. The smallest absolute Gasteiger partial charge is 0.238 e. The predicted molar refractivity (Wildman–Crippen MR) is 63.8 cm³/mol. The molecule has 4 N–H and O–H groups in total. The molecule has 1 amide bonds. The monoisotopic (exact) mass is 218 g/mol. The van der Waals surface area contributed by atoms with Crippen molar-refractivity contribution in [3.8, 4) is 0 Å². The number of rotatable bonds is 2. The summed E-state index contributed by atoms with van der Waals surface area (Å²) in [5.41, 5.74) is 11.9. The molecule has 0 saturated heterocycles. The standard InChI is InChI=1S/C13H18N2O/c14-12(16)13(15)9-5-4-8-11(13)10-6-2-1-3-7-10/h1-3,6-7,11H,4-5,8-9,15H2,(H2,14,16). The van der Waals surface area contributed by atoms with Crippen molar-refractivity contribution < 1.29 is 4.79 Å². The molecule has 1 aromatic carbocycles. The summed E-state index contributed by atoms with van der Waals surface area (Å²) < 4.78 is 0. The molecule has 2 rings (SSSR count). The van der Waals surface area contributed by atoms with Crippen LogP contribution in [-0.2, 0) is 4.79 Å². The Balaban J connectivity index is 2.34. The van der Waals surface area contributed by atoms with Gasteiger partial charge < -0.3 is 11.5 Å². The zero-order valence-electron chi connectivity index (χ0n) is 9.36. The van der Waals surface area contributed by atoms with Gasteiger partial charge in [-0.15, -0.1) is 0 Å². The molecule has 1 aliphatic rings. The molecule has 0 spiro atoms. The Morgan fingerprint density at radius 2 is 1.94 bits per heavy atom. The van der Waals surface area contributed by atoms with Gasteiger partial charge in [-0.25, -0.2) is 0 Å². The van der Waals surface area contributed by atoms with Crippen LogP contribution < -0.4 is 11.5 Å². The minimum atomic E-state index is -0.862. The van der Waals surface area contributed by atoms with Gasteiger partial charge in [0.1, 0.15) is 5.54 Å². The van der Waals surface area contributed by atoms with Crippen LogP contribution in [-0.4, -0.2) is 11.4 Å². The Hall–Kier alpha value is -1.35. The maximum absolute atomic E-state index is 11.6. The van der Waals surface area contributed by atoms with Gasteiger partial charge in [-0.3, -0.25) is 4.79 Å². The first-order valence-electron chi connectivity index (χ1n) is 5.78. The molecule has 0 bridgehead atoms. The van der Waals surface area contributed by atoms with E-state index in [9.17, 15) is 4.79 Å². The van der Waals surface area contributed by atoms with Gasteiger partial charge in [0.15, 0.2) is 0 Å². The number of carbonyl (C=O) groups excluding carboxylic acids is 1. The summed E-state index contributed by atoms with van der Waals surface area (Å²) in [4.78, 5) is 11.6. The average molecular weight is 218 g/mol. The Morgan fingerprint density at radius 3 is 2.56 bits per heavy atom. The van der Waals surface area contributed by atoms with Crippen LogP contribution in [0.2, 0.25) is 0 Å². The van der Waals surface area contributed by atoms with Gasteiger partial charge in [0.2, 0.25) is 5.91 Å². The van der Waals surface area contributed by atoms with Gasteiger partial charge in [-0.2, -0.15) is 0 Å². The normalized spacial score (nSPS) is 29.9. The molecule has 86 valence electrons. The van der Waals surface area contributed by atoms with Gasteiger partial charge in [-0.05, 0) is 18.4 Å². The van der Waals surface area contributed by atoms with E-state index in [4.69, 9.17) is 11.5 Å². The van der Waals surface area contributed by atoms with E-state index in [1.54, 1.807) is 0 Å². The van der Waals surface area contributed by atoms with Crippen LogP contribution >= 0.6 is 0 Å². The molecular weight excluding hydrogens is 200 g/mol. The summed E-state index contributed by atoms with van der Waals surface area (Å²) in [6.07, 6.45) is 3.75. The van der Waals surface area contributed by atoms with Crippen molar-refractivity contribution in [2.75, 3.05) is 0 Å². The first kappa shape index (κ1) is 11.1. The van der Waals surface area contributed by atoms with Gasteiger partial charge in [0.25, 0.3) is 0 Å². The number of primary amides is 1. The van der Waals surface area contributed by atoms with Crippen LogP contribution in [0.4, 0.5) is 0 Å². The summed E-state index contributed by atoms with van der Waals surface area (Å²) in [5.74, 6) is -0.305. The van der Waals surface area contributed by atoms with Crippen LogP contribution in [0.1, 0.15) is 37.2 Å². The molecule has 2 atom stereocenters. The molecule has 1 fully saturated rings. The molecule has 1 saturated carbocycles. The van der Waals surface area contributed by atoms with Gasteiger partial charge in [0.05, 0.1) is 0 Å². The third-order valence-electron chi connectivity index (χ3n) is 3.62. The minimum absolute atomic E-state index is 0.0694. The highest BCUT2D eigenvalue weighted by Crippen LogP contribution is 2.39. The van der Waals surface area contributed by atoms with Crippen molar-refractivity contribution in [2.24, 2.45) is 11.5 Å². The lowest BCUT2D eigenvalue weighted by Gasteiger charge is -2.38. The summed E-state index contributed by atoms with van der Waals surface area (Å²) in [7, 11) is 0. The topological polar surface area (TPSA) is 69.1 Å². The average Bonchev–Trinajstić information content (AvgIpc) is 2.30. The van der Waals surface area contributed by atoms with E-state index in [2.05, 4.69) is 0 Å². The van der Waals surface area contributed by atoms with Crippen molar-refractivity contribution in [2.45, 2.75) is 37.1 Å². The van der Waals surface area contributed by atoms with Crippen molar-refractivity contribution in [1.29, 1.82) is 0 Å². The van der Waals surface area contributed by atoms with Crippen molar-refractivity contribution in [3.05, 3.63) is 35.9 Å². The number of nitrogens with two attached hydrogens (primary N) is 2. The van der Waals surface area contributed by atoms with Crippen LogP contribution in [0, 0.1) is 0 Å². The maximum Gasteiger partial charge on any atom is 0.238 e. The second-order valence-corrected chi connectivity index (χ2v) is 4.61. The Labute approximate surface area is 95.8 Å². The molecule has 0 radical (unpaired) electrons.